The van der Waals surface area contributed by atoms with E-state index in [0.29, 0.717) is 22.3 Å². The first-order chi connectivity index (χ1) is 20.4. The molecule has 0 atom stereocenters. The number of fused-ring (bicyclic) bond motifs is 1. The third-order valence-corrected chi connectivity index (χ3v) is 6.61. The fourth-order valence-electron chi connectivity index (χ4n) is 4.59. The van der Waals surface area contributed by atoms with Crippen molar-refractivity contribution in [1.82, 2.24) is 19.9 Å². The first-order valence-electron chi connectivity index (χ1n) is 13.5. The number of rotatable bonds is 3. The molecule has 1 aliphatic rings. The number of amides is 2. The summed E-state index contributed by atoms with van der Waals surface area (Å²) < 4.78 is 47.7. The summed E-state index contributed by atoms with van der Waals surface area (Å²) in [6.45, 7) is 6.31. The number of ether oxygens (including phenoxy) is 1. The van der Waals surface area contributed by atoms with Gasteiger partial charge in [0.2, 0.25) is 0 Å². The molecule has 9 nitrogen and oxygen atoms in total. The minimum Gasteiger partial charge on any atom is -0.444 e. The number of anilines is 2. The predicted molar refractivity (Wildman–Crippen MR) is 156 cm³/mol. The van der Waals surface area contributed by atoms with Gasteiger partial charge in [-0.3, -0.25) is 4.79 Å². The van der Waals surface area contributed by atoms with E-state index in [1.807, 2.05) is 0 Å². The molecule has 1 fully saturated rings. The minimum absolute atomic E-state index is 0.144. The number of para-hydroxylation sites is 1. The van der Waals surface area contributed by atoms with Gasteiger partial charge < -0.3 is 24.8 Å². The quantitative estimate of drug-likeness (QED) is 0.298. The van der Waals surface area contributed by atoms with Crippen LogP contribution in [-0.2, 0) is 10.9 Å². The maximum atomic E-state index is 14.1. The standard InChI is InChI=1S/C31H29F3N6O3/c1-30(2,3)43-29(42)40-14-12-39(13-15-40)25-9-5-8-23(31(32,33)34)26(25)38-28(41)22-7-4-6-20(16-22)10-11-21-17-24-27(35-18-21)37-19-36-24/h4-9,16-19H,12-15H2,1-3H3,(H,38,41)(H,35,36,37). The highest BCUT2D eigenvalue weighted by atomic mass is 19.4. The molecule has 222 valence electrons. The second kappa shape index (κ2) is 11.7. The summed E-state index contributed by atoms with van der Waals surface area (Å²) >= 11 is 0. The summed E-state index contributed by atoms with van der Waals surface area (Å²) in [5, 5.41) is 2.51. The lowest BCUT2D eigenvalue weighted by Crippen LogP contribution is -2.50. The molecule has 0 radical (unpaired) electrons. The molecule has 0 bridgehead atoms. The van der Waals surface area contributed by atoms with Crippen molar-refractivity contribution in [2.45, 2.75) is 32.5 Å². The number of aromatic nitrogens is 3. The number of pyridine rings is 1. The van der Waals surface area contributed by atoms with Gasteiger partial charge in [0.25, 0.3) is 5.91 Å². The molecule has 0 saturated carbocycles. The van der Waals surface area contributed by atoms with Crippen molar-refractivity contribution >= 4 is 34.5 Å². The molecule has 12 heteroatoms. The van der Waals surface area contributed by atoms with Crippen LogP contribution in [0.1, 0.15) is 47.8 Å². The lowest BCUT2D eigenvalue weighted by atomic mass is 10.1. The second-order valence-electron chi connectivity index (χ2n) is 10.9. The molecule has 1 saturated heterocycles. The third kappa shape index (κ3) is 7.06. The van der Waals surface area contributed by atoms with Crippen molar-refractivity contribution in [2.24, 2.45) is 0 Å². The van der Waals surface area contributed by atoms with Crippen LogP contribution >= 0.6 is 0 Å². The summed E-state index contributed by atoms with van der Waals surface area (Å²) in [5.41, 5.74) is 0.779. The molecule has 5 rings (SSSR count). The van der Waals surface area contributed by atoms with Gasteiger partial charge in [0, 0.05) is 49.1 Å². The number of hydrogen-bond donors (Lipinski definition) is 2. The average Bonchev–Trinajstić information content (AvgIpc) is 3.43. The lowest BCUT2D eigenvalue weighted by Gasteiger charge is -2.37. The zero-order valence-corrected chi connectivity index (χ0v) is 23.7. The van der Waals surface area contributed by atoms with Gasteiger partial charge in [-0.15, -0.1) is 0 Å². The topological polar surface area (TPSA) is 103 Å². The Morgan fingerprint density at radius 1 is 0.953 bits per heavy atom. The van der Waals surface area contributed by atoms with Gasteiger partial charge in [-0.25, -0.2) is 14.8 Å². The minimum atomic E-state index is -4.71. The molecule has 2 amide bonds. The van der Waals surface area contributed by atoms with E-state index in [1.54, 1.807) is 50.1 Å². The summed E-state index contributed by atoms with van der Waals surface area (Å²) in [5.74, 6) is 5.22. The number of H-pyrrole nitrogens is 1. The van der Waals surface area contributed by atoms with Gasteiger partial charge in [-0.05, 0) is 57.2 Å². The number of carbonyl (C=O) groups excluding carboxylic acids is 2. The van der Waals surface area contributed by atoms with Gasteiger partial charge in [0.15, 0.2) is 5.65 Å². The van der Waals surface area contributed by atoms with Gasteiger partial charge in [-0.2, -0.15) is 13.2 Å². The predicted octanol–water partition coefficient (Wildman–Crippen LogP) is 5.69. The largest absolute Gasteiger partial charge is 0.444 e. The summed E-state index contributed by atoms with van der Waals surface area (Å²) in [6, 6.07) is 11.9. The van der Waals surface area contributed by atoms with Gasteiger partial charge >= 0.3 is 12.3 Å². The van der Waals surface area contributed by atoms with Crippen LogP contribution in [0.3, 0.4) is 0 Å². The normalized spacial score (nSPS) is 13.8. The van der Waals surface area contributed by atoms with E-state index in [2.05, 4.69) is 32.1 Å². The number of alkyl halides is 3. The lowest BCUT2D eigenvalue weighted by molar-refractivity contribution is -0.136. The first-order valence-corrected chi connectivity index (χ1v) is 13.5. The third-order valence-electron chi connectivity index (χ3n) is 6.61. The molecule has 0 unspecified atom stereocenters. The Labute approximate surface area is 246 Å². The Morgan fingerprint density at radius 2 is 1.67 bits per heavy atom. The van der Waals surface area contributed by atoms with E-state index in [9.17, 15) is 22.8 Å². The number of nitrogens with one attached hydrogen (secondary N) is 2. The van der Waals surface area contributed by atoms with E-state index in [-0.39, 0.29) is 43.1 Å². The summed E-state index contributed by atoms with van der Waals surface area (Å²) in [7, 11) is 0. The monoisotopic (exact) mass is 590 g/mol. The number of imidazole rings is 1. The Balaban J connectivity index is 1.36. The first kappa shape index (κ1) is 29.4. The number of benzene rings is 2. The average molecular weight is 591 g/mol. The molecular weight excluding hydrogens is 561 g/mol. The molecule has 4 aromatic rings. The van der Waals surface area contributed by atoms with Crippen LogP contribution in [0, 0.1) is 11.8 Å². The fourth-order valence-corrected chi connectivity index (χ4v) is 4.59. The number of nitrogens with zero attached hydrogens (tertiary/aromatic N) is 4. The van der Waals surface area contributed by atoms with E-state index in [4.69, 9.17) is 4.74 Å². The number of hydrogen-bond acceptors (Lipinski definition) is 6. The van der Waals surface area contributed by atoms with Crippen LogP contribution in [0.15, 0.2) is 61.1 Å². The number of aromatic amines is 1. The van der Waals surface area contributed by atoms with Crippen LogP contribution < -0.4 is 10.2 Å². The number of halogens is 3. The van der Waals surface area contributed by atoms with Crippen LogP contribution in [0.5, 0.6) is 0 Å². The van der Waals surface area contributed by atoms with Crippen molar-refractivity contribution in [3.05, 3.63) is 83.3 Å². The summed E-state index contributed by atoms with van der Waals surface area (Å²) in [4.78, 5) is 40.3. The Bertz CT molecular complexity index is 1720. The molecular formula is C31H29F3N6O3. The van der Waals surface area contributed by atoms with Crippen molar-refractivity contribution in [3.63, 3.8) is 0 Å². The SMILES string of the molecule is CC(C)(C)OC(=O)N1CCN(c2cccc(C(F)(F)F)c2NC(=O)c2cccc(C#Cc3cnc4[nH]cnc4c3)c2)CC1. The second-order valence-corrected chi connectivity index (χ2v) is 10.9. The Morgan fingerprint density at radius 3 is 2.40 bits per heavy atom. The van der Waals surface area contributed by atoms with Crippen LogP contribution in [0.2, 0.25) is 0 Å². The number of carbonyl (C=O) groups is 2. The highest BCUT2D eigenvalue weighted by Crippen LogP contribution is 2.40. The molecule has 0 spiro atoms. The Kier molecular flexibility index (Phi) is 8.00. The van der Waals surface area contributed by atoms with Crippen LogP contribution in [-0.4, -0.2) is 63.6 Å². The Hall–Kier alpha value is -5.05. The smallest absolute Gasteiger partial charge is 0.418 e. The van der Waals surface area contributed by atoms with Crippen molar-refractivity contribution in [2.75, 3.05) is 36.4 Å². The molecule has 2 aromatic heterocycles. The zero-order valence-electron chi connectivity index (χ0n) is 23.7. The molecule has 2 N–H and O–H groups in total. The fraction of sp³-hybridized carbons (Fsp3) is 0.290. The molecule has 1 aliphatic heterocycles. The van der Waals surface area contributed by atoms with Crippen molar-refractivity contribution in [3.8, 4) is 11.8 Å². The van der Waals surface area contributed by atoms with E-state index >= 15 is 0 Å². The zero-order chi connectivity index (χ0) is 30.8. The van der Waals surface area contributed by atoms with E-state index in [0.717, 1.165) is 6.07 Å². The van der Waals surface area contributed by atoms with Crippen LogP contribution in [0.25, 0.3) is 11.2 Å². The highest BCUT2D eigenvalue weighted by molar-refractivity contribution is 6.06. The van der Waals surface area contributed by atoms with Gasteiger partial charge in [0.1, 0.15) is 11.1 Å². The summed E-state index contributed by atoms with van der Waals surface area (Å²) in [6.07, 6.45) is -2.07. The van der Waals surface area contributed by atoms with Crippen molar-refractivity contribution < 1.29 is 27.5 Å². The van der Waals surface area contributed by atoms with Crippen LogP contribution in [0.4, 0.5) is 29.3 Å². The van der Waals surface area contributed by atoms with Crippen molar-refractivity contribution in [1.29, 1.82) is 0 Å². The molecule has 3 heterocycles. The molecule has 0 aliphatic carbocycles. The van der Waals surface area contributed by atoms with Gasteiger partial charge in [-0.1, -0.05) is 24.0 Å². The molecule has 2 aromatic carbocycles. The maximum Gasteiger partial charge on any atom is 0.418 e. The van der Waals surface area contributed by atoms with E-state index < -0.39 is 29.3 Å². The van der Waals surface area contributed by atoms with Gasteiger partial charge in [0.05, 0.1) is 23.3 Å². The van der Waals surface area contributed by atoms with E-state index in [1.165, 1.54) is 35.5 Å². The number of piperazine rings is 1. The maximum absolute atomic E-state index is 14.1. The highest BCUT2D eigenvalue weighted by Gasteiger charge is 2.36. The molecule has 43 heavy (non-hydrogen) atoms.